The van der Waals surface area contributed by atoms with Crippen LogP contribution < -0.4 is 11.1 Å². The lowest BCUT2D eigenvalue weighted by molar-refractivity contribution is 0.0577. The molecule has 1 aromatic heterocycles. The molecule has 0 spiro atoms. The molecule has 0 saturated carbocycles. The number of alkyl halides is 1. The molecule has 8 heteroatoms. The molecule has 1 atom stereocenters. The summed E-state index contributed by atoms with van der Waals surface area (Å²) in [6, 6.07) is 5.93. The number of nitrogens with zero attached hydrogens (tertiary/aromatic N) is 3. The van der Waals surface area contributed by atoms with Crippen molar-refractivity contribution in [2.24, 2.45) is 10.7 Å². The minimum atomic E-state index is -1.32. The largest absolute Gasteiger partial charge is 0.389 e. The van der Waals surface area contributed by atoms with Crippen molar-refractivity contribution in [2.75, 3.05) is 0 Å². The van der Waals surface area contributed by atoms with Gasteiger partial charge in [0.15, 0.2) is 5.00 Å². The Bertz CT molecular complexity index is 1200. The third-order valence-electron chi connectivity index (χ3n) is 5.17. The molecular formula is C24H25ClFN5O. The fourth-order valence-corrected chi connectivity index (χ4v) is 4.12. The van der Waals surface area contributed by atoms with Gasteiger partial charge in [-0.15, -0.1) is 0 Å². The van der Waals surface area contributed by atoms with Gasteiger partial charge in [0, 0.05) is 34.8 Å². The first kappa shape index (κ1) is 22.0. The van der Waals surface area contributed by atoms with Gasteiger partial charge in [0.25, 0.3) is 0 Å². The molecule has 2 aromatic rings. The lowest BCUT2D eigenvalue weighted by Crippen LogP contribution is -2.30. The van der Waals surface area contributed by atoms with E-state index < -0.39 is 10.6 Å². The molecule has 3 heterocycles. The Balaban J connectivity index is 1.86. The Morgan fingerprint density at radius 1 is 1.25 bits per heavy atom. The number of allylic oxidation sites excluding steroid dienone is 4. The van der Waals surface area contributed by atoms with Crippen LogP contribution in [0.15, 0.2) is 82.9 Å². The van der Waals surface area contributed by atoms with Crippen molar-refractivity contribution in [3.8, 4) is 0 Å². The summed E-state index contributed by atoms with van der Waals surface area (Å²) in [6.45, 7) is 5.71. The summed E-state index contributed by atoms with van der Waals surface area (Å²) in [5.74, 6) is -0.112. The number of amidine groups is 1. The van der Waals surface area contributed by atoms with Gasteiger partial charge in [0.05, 0.1) is 18.3 Å². The van der Waals surface area contributed by atoms with Gasteiger partial charge < -0.3 is 16.2 Å². The van der Waals surface area contributed by atoms with Crippen molar-refractivity contribution in [1.82, 2.24) is 15.1 Å². The van der Waals surface area contributed by atoms with E-state index in [1.807, 2.05) is 37.5 Å². The molecule has 2 aliphatic heterocycles. The highest BCUT2D eigenvalue weighted by atomic mass is 35.5. The predicted molar refractivity (Wildman–Crippen MR) is 125 cm³/mol. The van der Waals surface area contributed by atoms with Gasteiger partial charge in [0.1, 0.15) is 11.7 Å². The number of nitrogens with one attached hydrogen (secondary N) is 1. The zero-order valence-electron chi connectivity index (χ0n) is 18.1. The number of nitrogens with two attached hydrogens (primary N) is 1. The van der Waals surface area contributed by atoms with E-state index in [0.29, 0.717) is 23.3 Å². The van der Waals surface area contributed by atoms with E-state index >= 15 is 0 Å². The third kappa shape index (κ3) is 4.40. The van der Waals surface area contributed by atoms with Crippen LogP contribution in [0.25, 0.3) is 5.57 Å². The highest BCUT2D eigenvalue weighted by Crippen LogP contribution is 2.45. The molecule has 2 aliphatic rings. The van der Waals surface area contributed by atoms with Gasteiger partial charge in [-0.3, -0.25) is 4.68 Å². The Morgan fingerprint density at radius 3 is 2.62 bits per heavy atom. The highest BCUT2D eigenvalue weighted by Gasteiger charge is 2.38. The van der Waals surface area contributed by atoms with Crippen molar-refractivity contribution in [1.29, 1.82) is 0 Å². The summed E-state index contributed by atoms with van der Waals surface area (Å²) in [5.41, 5.74) is 10.0. The number of rotatable bonds is 4. The lowest BCUT2D eigenvalue weighted by atomic mass is 9.87. The maximum Gasteiger partial charge on any atom is 0.187 e. The molecule has 1 unspecified atom stereocenters. The summed E-state index contributed by atoms with van der Waals surface area (Å²) in [5, 5.41) is 17.6. The van der Waals surface area contributed by atoms with E-state index in [1.165, 1.54) is 12.1 Å². The van der Waals surface area contributed by atoms with Crippen LogP contribution in [-0.4, -0.2) is 26.3 Å². The fourth-order valence-electron chi connectivity index (χ4n) is 3.74. The Kier molecular flexibility index (Phi) is 5.56. The van der Waals surface area contributed by atoms with Crippen molar-refractivity contribution in [3.63, 3.8) is 0 Å². The topological polar surface area (TPSA) is 88.5 Å². The SMILES string of the molecule is CC1=CC(=C2C=C(c3cnn(CC(C)(C)O)c3)C(N)=NC2(Cl)c2ccc(F)cc2)C=CN1. The summed E-state index contributed by atoms with van der Waals surface area (Å²) in [6.07, 6.45) is 11.1. The normalized spacial score (nSPS) is 23.4. The molecule has 166 valence electrons. The van der Waals surface area contributed by atoms with Crippen molar-refractivity contribution in [2.45, 2.75) is 37.9 Å². The van der Waals surface area contributed by atoms with Crippen molar-refractivity contribution in [3.05, 3.63) is 94.9 Å². The number of hydrogen-bond donors (Lipinski definition) is 3. The molecule has 0 fully saturated rings. The number of dihydropyridines is 2. The first-order valence-corrected chi connectivity index (χ1v) is 10.6. The number of benzene rings is 1. The molecule has 0 aliphatic carbocycles. The smallest absolute Gasteiger partial charge is 0.187 e. The fraction of sp³-hybridized carbons (Fsp3) is 0.250. The van der Waals surface area contributed by atoms with Gasteiger partial charge in [0.2, 0.25) is 0 Å². The van der Waals surface area contributed by atoms with Crippen molar-refractivity contribution < 1.29 is 9.50 Å². The number of aromatic nitrogens is 2. The van der Waals surface area contributed by atoms with E-state index in [-0.39, 0.29) is 11.7 Å². The van der Waals surface area contributed by atoms with Gasteiger partial charge >= 0.3 is 0 Å². The number of halogens is 2. The van der Waals surface area contributed by atoms with Crippen LogP contribution in [-0.2, 0) is 11.5 Å². The van der Waals surface area contributed by atoms with E-state index in [0.717, 1.165) is 16.8 Å². The van der Waals surface area contributed by atoms with E-state index in [1.54, 1.807) is 36.9 Å². The van der Waals surface area contributed by atoms with E-state index in [4.69, 9.17) is 17.3 Å². The predicted octanol–water partition coefficient (Wildman–Crippen LogP) is 3.96. The molecule has 32 heavy (non-hydrogen) atoms. The Labute approximate surface area is 191 Å². The zero-order valence-corrected chi connectivity index (χ0v) is 18.9. The van der Waals surface area contributed by atoms with Gasteiger partial charge in [-0.25, -0.2) is 9.38 Å². The lowest BCUT2D eigenvalue weighted by Gasteiger charge is -2.31. The molecule has 4 N–H and O–H groups in total. The average molecular weight is 454 g/mol. The van der Waals surface area contributed by atoms with Gasteiger partial charge in [-0.2, -0.15) is 5.10 Å². The van der Waals surface area contributed by atoms with E-state index in [2.05, 4.69) is 15.4 Å². The molecule has 0 bridgehead atoms. The number of aliphatic imine (C=N–C) groups is 1. The molecule has 6 nitrogen and oxygen atoms in total. The third-order valence-corrected chi connectivity index (χ3v) is 5.68. The van der Waals surface area contributed by atoms with Crippen LogP contribution in [0, 0.1) is 5.82 Å². The van der Waals surface area contributed by atoms with E-state index in [9.17, 15) is 9.50 Å². The minimum Gasteiger partial charge on any atom is -0.389 e. The second kappa shape index (κ2) is 8.07. The van der Waals surface area contributed by atoms with Gasteiger partial charge in [-0.05, 0) is 62.3 Å². The molecular weight excluding hydrogens is 429 g/mol. The Hall–Kier alpha value is -3.16. The second-order valence-corrected chi connectivity index (χ2v) is 9.14. The quantitative estimate of drug-likeness (QED) is 0.483. The van der Waals surface area contributed by atoms with Crippen LogP contribution in [0.1, 0.15) is 31.9 Å². The van der Waals surface area contributed by atoms with Crippen LogP contribution in [0.4, 0.5) is 4.39 Å². The monoisotopic (exact) mass is 453 g/mol. The summed E-state index contributed by atoms with van der Waals surface area (Å²) in [7, 11) is 0. The molecule has 0 radical (unpaired) electrons. The summed E-state index contributed by atoms with van der Waals surface area (Å²) in [4.78, 5) is 3.36. The summed E-state index contributed by atoms with van der Waals surface area (Å²) >= 11 is 7.11. The summed E-state index contributed by atoms with van der Waals surface area (Å²) < 4.78 is 15.2. The number of hydrogen-bond acceptors (Lipinski definition) is 5. The van der Waals surface area contributed by atoms with Crippen LogP contribution in [0.3, 0.4) is 0 Å². The van der Waals surface area contributed by atoms with Crippen LogP contribution >= 0.6 is 11.6 Å². The second-order valence-electron chi connectivity index (χ2n) is 8.60. The molecule has 0 amide bonds. The standard InChI is InChI=1S/C24H25ClFN5O/c1-15-10-16(8-9-28-15)21-11-20(17-12-29-31(13-17)14-23(2,3)32)22(27)30-24(21,25)18-4-6-19(26)7-5-18/h4-13,28,32H,14H2,1-3H3,(H2,27,30). The molecule has 4 rings (SSSR count). The van der Waals surface area contributed by atoms with Gasteiger partial charge in [-0.1, -0.05) is 23.7 Å². The highest BCUT2D eigenvalue weighted by molar-refractivity contribution is 6.31. The molecule has 0 saturated heterocycles. The number of aliphatic hydroxyl groups is 1. The van der Waals surface area contributed by atoms with Crippen LogP contribution in [0.5, 0.6) is 0 Å². The molecule has 1 aromatic carbocycles. The first-order chi connectivity index (χ1) is 15.0. The maximum absolute atomic E-state index is 13.6. The average Bonchev–Trinajstić information content (AvgIpc) is 3.14. The van der Waals surface area contributed by atoms with Crippen LogP contribution in [0.2, 0.25) is 0 Å². The van der Waals surface area contributed by atoms with Crippen molar-refractivity contribution >= 4 is 23.0 Å². The first-order valence-electron chi connectivity index (χ1n) is 10.2. The zero-order chi connectivity index (χ0) is 23.1. The maximum atomic E-state index is 13.6. The Morgan fingerprint density at radius 2 is 1.97 bits per heavy atom. The minimum absolute atomic E-state index is 0.245.